The number of phenols is 1. The summed E-state index contributed by atoms with van der Waals surface area (Å²) in [4.78, 5) is 0. The zero-order valence-corrected chi connectivity index (χ0v) is 17.1. The van der Waals surface area contributed by atoms with E-state index in [9.17, 15) is 5.11 Å². The fraction of sp³-hybridized carbons (Fsp3) is 0. The number of phenolic OH excluding ortho intramolecular Hbond substituents is 1. The summed E-state index contributed by atoms with van der Waals surface area (Å²) in [6.45, 7) is 0. The van der Waals surface area contributed by atoms with Gasteiger partial charge in [0.05, 0.1) is 0 Å². The van der Waals surface area contributed by atoms with Gasteiger partial charge in [0.2, 0.25) is 0 Å². The van der Waals surface area contributed by atoms with Crippen molar-refractivity contribution in [3.8, 4) is 5.75 Å². The molecule has 0 aliphatic carbocycles. The second-order valence-electron chi connectivity index (χ2n) is 5.72. The van der Waals surface area contributed by atoms with Crippen molar-refractivity contribution in [1.82, 2.24) is 12.3 Å². The van der Waals surface area contributed by atoms with E-state index in [1.807, 2.05) is 78.9 Å². The molecule has 0 aromatic heterocycles. The molecular weight excluding hydrogens is 404 g/mol. The Labute approximate surface area is 176 Å². The van der Waals surface area contributed by atoms with Gasteiger partial charge in [-0.2, -0.15) is 8.42 Å². The van der Waals surface area contributed by atoms with Crippen LogP contribution in [-0.4, -0.2) is 22.6 Å². The first-order valence-electron chi connectivity index (χ1n) is 8.31. The van der Waals surface area contributed by atoms with Crippen LogP contribution >= 0.6 is 0 Å². The van der Waals surface area contributed by atoms with Crippen molar-refractivity contribution in [3.63, 3.8) is 0 Å². The van der Waals surface area contributed by atoms with Crippen molar-refractivity contribution >= 4 is 34.7 Å². The zero-order valence-electron chi connectivity index (χ0n) is 16.3. The minimum absolute atomic E-state index is 0. The van der Waals surface area contributed by atoms with E-state index in [-0.39, 0.29) is 18.1 Å². The fourth-order valence-electron chi connectivity index (χ4n) is 2.39. The second-order valence-corrected chi connectivity index (χ2v) is 6.61. The van der Waals surface area contributed by atoms with Gasteiger partial charge in [0, 0.05) is 5.56 Å². The molecular formula is C22H26N2O5S. The number of hydrogen-bond acceptors (Lipinski definition) is 5. The van der Waals surface area contributed by atoms with Crippen LogP contribution in [0.15, 0.2) is 78.9 Å². The van der Waals surface area contributed by atoms with Gasteiger partial charge in [-0.25, -0.2) is 0 Å². The van der Waals surface area contributed by atoms with Crippen molar-refractivity contribution in [2.75, 3.05) is 0 Å². The summed E-state index contributed by atoms with van der Waals surface area (Å²) in [5, 5.41) is 10.2. The third-order valence-corrected chi connectivity index (χ3v) is 3.61. The van der Waals surface area contributed by atoms with E-state index in [4.69, 9.17) is 17.5 Å². The smallest absolute Gasteiger partial charge is 0.394 e. The van der Waals surface area contributed by atoms with E-state index in [1.165, 1.54) is 0 Å². The van der Waals surface area contributed by atoms with Gasteiger partial charge in [-0.1, -0.05) is 97.1 Å². The van der Waals surface area contributed by atoms with Gasteiger partial charge in [-0.05, 0) is 22.8 Å². The van der Waals surface area contributed by atoms with Crippen LogP contribution in [0.1, 0.15) is 22.3 Å². The summed E-state index contributed by atoms with van der Waals surface area (Å²) < 4.78 is 31.6. The van der Waals surface area contributed by atoms with Crippen molar-refractivity contribution in [2.45, 2.75) is 0 Å². The molecule has 3 rings (SSSR count). The third kappa shape index (κ3) is 10.3. The number of benzene rings is 3. The Bertz CT molecular complexity index is 1040. The van der Waals surface area contributed by atoms with E-state index in [2.05, 4.69) is 18.2 Å². The quantitative estimate of drug-likeness (QED) is 0.273. The van der Waals surface area contributed by atoms with Crippen molar-refractivity contribution in [2.24, 2.45) is 0 Å². The summed E-state index contributed by atoms with van der Waals surface area (Å²) in [6.07, 6.45) is 8.04. The predicted molar refractivity (Wildman–Crippen MR) is 123 cm³/mol. The molecule has 9 N–H and O–H groups in total. The number of hydrogen-bond donors (Lipinski definition) is 5. The Kier molecular flexibility index (Phi) is 11.6. The lowest BCUT2D eigenvalue weighted by Gasteiger charge is -2.04. The maximum absolute atomic E-state index is 10.2. The van der Waals surface area contributed by atoms with E-state index >= 15 is 0 Å². The van der Waals surface area contributed by atoms with Gasteiger partial charge in [-0.15, -0.1) is 0 Å². The first kappa shape index (κ1) is 26.7. The molecule has 0 bridgehead atoms. The molecule has 0 aliphatic rings. The molecule has 0 fully saturated rings. The van der Waals surface area contributed by atoms with Crippen LogP contribution in [0.2, 0.25) is 0 Å². The van der Waals surface area contributed by atoms with Crippen molar-refractivity contribution in [1.29, 1.82) is 0 Å². The highest BCUT2D eigenvalue weighted by molar-refractivity contribution is 7.79. The molecule has 0 radical (unpaired) electrons. The molecule has 8 heteroatoms. The predicted octanol–water partition coefficient (Wildman–Crippen LogP) is 5.40. The lowest BCUT2D eigenvalue weighted by Crippen LogP contribution is -1.89. The SMILES string of the molecule is N.N.O=S(=O)(O)O.Oc1cccc(C=Cc2ccccc2)c1C=Cc1ccccc1. The number of aromatic hydroxyl groups is 1. The summed E-state index contributed by atoms with van der Waals surface area (Å²) in [5.74, 6) is 0.285. The van der Waals surface area contributed by atoms with Crippen LogP contribution in [0.3, 0.4) is 0 Å². The lowest BCUT2D eigenvalue weighted by molar-refractivity contribution is 0.381. The molecule has 0 atom stereocenters. The molecule has 7 nitrogen and oxygen atoms in total. The average Bonchev–Trinajstić information content (AvgIpc) is 2.66. The van der Waals surface area contributed by atoms with Crippen LogP contribution in [0, 0.1) is 0 Å². The highest BCUT2D eigenvalue weighted by Gasteiger charge is 2.02. The Hall–Kier alpha value is -3.27. The Morgan fingerprint density at radius 3 is 1.50 bits per heavy atom. The van der Waals surface area contributed by atoms with Gasteiger partial charge in [-0.3, -0.25) is 9.11 Å². The van der Waals surface area contributed by atoms with Crippen molar-refractivity contribution in [3.05, 3.63) is 101 Å². The molecule has 0 spiro atoms. The highest BCUT2D eigenvalue weighted by Crippen LogP contribution is 2.25. The standard InChI is InChI=1S/C22H18O.2H3N.H2O4S/c23-22-13-7-12-20(16-14-18-8-3-1-4-9-18)21(22)17-15-19-10-5-2-6-11-19;;;1-5(2,3)4/h1-17,23H;2*1H3;(H2,1,2,3,4). The van der Waals surface area contributed by atoms with Crippen LogP contribution in [-0.2, 0) is 10.4 Å². The molecule has 0 saturated heterocycles. The Morgan fingerprint density at radius 2 is 1.03 bits per heavy atom. The lowest BCUT2D eigenvalue weighted by atomic mass is 10.0. The normalized spacial score (nSPS) is 10.6. The minimum atomic E-state index is -4.67. The van der Waals surface area contributed by atoms with E-state index in [1.54, 1.807) is 6.07 Å². The summed E-state index contributed by atoms with van der Waals surface area (Å²) >= 11 is 0. The maximum Gasteiger partial charge on any atom is 0.394 e. The van der Waals surface area contributed by atoms with Crippen LogP contribution in [0.4, 0.5) is 0 Å². The molecule has 0 aliphatic heterocycles. The first-order chi connectivity index (χ1) is 13.3. The van der Waals surface area contributed by atoms with E-state index < -0.39 is 10.4 Å². The molecule has 0 heterocycles. The van der Waals surface area contributed by atoms with Crippen LogP contribution < -0.4 is 12.3 Å². The van der Waals surface area contributed by atoms with Crippen LogP contribution in [0.25, 0.3) is 24.3 Å². The third-order valence-electron chi connectivity index (χ3n) is 3.61. The van der Waals surface area contributed by atoms with E-state index in [0.717, 1.165) is 22.3 Å². The molecule has 0 saturated carbocycles. The largest absolute Gasteiger partial charge is 0.507 e. The maximum atomic E-state index is 10.2. The molecule has 30 heavy (non-hydrogen) atoms. The number of rotatable bonds is 4. The summed E-state index contributed by atoms with van der Waals surface area (Å²) in [6, 6.07) is 25.8. The minimum Gasteiger partial charge on any atom is -0.507 e. The van der Waals surface area contributed by atoms with Gasteiger partial charge in [0.15, 0.2) is 0 Å². The zero-order chi connectivity index (χ0) is 20.4. The molecule has 160 valence electrons. The van der Waals surface area contributed by atoms with Gasteiger partial charge >= 0.3 is 10.4 Å². The van der Waals surface area contributed by atoms with Gasteiger partial charge in [0.1, 0.15) is 5.75 Å². The Balaban J connectivity index is 0.00000108. The van der Waals surface area contributed by atoms with Crippen LogP contribution in [0.5, 0.6) is 5.75 Å². The molecule has 3 aromatic rings. The van der Waals surface area contributed by atoms with Gasteiger partial charge < -0.3 is 17.4 Å². The molecule has 3 aromatic carbocycles. The topological polar surface area (TPSA) is 165 Å². The average molecular weight is 431 g/mol. The monoisotopic (exact) mass is 430 g/mol. The van der Waals surface area contributed by atoms with Crippen molar-refractivity contribution < 1.29 is 22.6 Å². The fourth-order valence-corrected chi connectivity index (χ4v) is 2.39. The molecule has 0 unspecified atom stereocenters. The molecule has 0 amide bonds. The van der Waals surface area contributed by atoms with Gasteiger partial charge in [0.25, 0.3) is 0 Å². The first-order valence-corrected chi connectivity index (χ1v) is 9.71. The second kappa shape index (κ2) is 13.0. The van der Waals surface area contributed by atoms with E-state index in [0.29, 0.717) is 0 Å². The summed E-state index contributed by atoms with van der Waals surface area (Å²) in [7, 11) is -4.67. The highest BCUT2D eigenvalue weighted by atomic mass is 32.3. The Morgan fingerprint density at radius 1 is 0.600 bits per heavy atom. The summed E-state index contributed by atoms with van der Waals surface area (Å²) in [5.41, 5.74) is 4.05.